The first kappa shape index (κ1) is 123. The van der Waals surface area contributed by atoms with Crippen LogP contribution in [0.2, 0.25) is 0 Å². The smallest absolute Gasteiger partial charge is 0.756 e. The van der Waals surface area contributed by atoms with E-state index in [2.05, 4.69) is 41.5 Å². The van der Waals surface area contributed by atoms with Crippen molar-refractivity contribution in [2.24, 2.45) is 0 Å². The van der Waals surface area contributed by atoms with Crippen molar-refractivity contribution in [2.75, 3.05) is 39.6 Å². The number of hydrogen-bond acceptors (Lipinski definition) is 12. The molecule has 0 fully saturated rings. The van der Waals surface area contributed by atoms with Gasteiger partial charge >= 0.3 is 49.0 Å². The van der Waals surface area contributed by atoms with Gasteiger partial charge in [0.15, 0.2) is 0 Å². The number of rotatable bonds is 96. The average molecular weight is 1730 g/mol. The predicted molar refractivity (Wildman–Crippen MR) is 480 cm³/mol. The molecule has 0 spiro atoms. The summed E-state index contributed by atoms with van der Waals surface area (Å²) in [6.07, 6.45) is 108. The molecule has 0 aliphatic carbocycles. The van der Waals surface area contributed by atoms with Gasteiger partial charge in [-0.15, -0.1) is 0 Å². The summed E-state index contributed by atoms with van der Waals surface area (Å²) in [5.41, 5.74) is 0. The van der Waals surface area contributed by atoms with E-state index in [9.17, 15) is 28.4 Å². The van der Waals surface area contributed by atoms with E-state index in [1.54, 1.807) is 0 Å². The second-order valence-corrected chi connectivity index (χ2v) is 38.2. The average Bonchev–Trinajstić information content (AvgIpc) is 0.954. The summed E-state index contributed by atoms with van der Waals surface area (Å²) >= 11 is 0. The maximum absolute atomic E-state index is 11.9. The molecule has 0 radical (unpaired) electrons. The molecule has 0 unspecified atom stereocenters. The number of phosphoric ester groups is 3. The SMILES string of the molecule is CCCCCCCCCCCCCCCCOP(=O)([O-])OCCCCCCCCCCCCCCCC.CCCCCCCCCCCCCCCCOP(=O)([O-])OCCCCCCCCCCCCCCCC.CCCCCCCCCCCCCCCCOP(=O)([O-])OCCCCCCCCCCCCCCCC.[Na+].[Zn+2]. The van der Waals surface area contributed by atoms with Gasteiger partial charge in [-0.05, 0) is 38.5 Å². The normalized spacial score (nSPS) is 11.8. The van der Waals surface area contributed by atoms with Crippen LogP contribution in [-0.4, -0.2) is 39.6 Å². The number of phosphoric acid groups is 3. The van der Waals surface area contributed by atoms with Gasteiger partial charge in [0.2, 0.25) is 0 Å². The largest absolute Gasteiger partial charge is 2.00 e. The van der Waals surface area contributed by atoms with Crippen LogP contribution < -0.4 is 44.2 Å². The summed E-state index contributed by atoms with van der Waals surface area (Å²) in [4.78, 5) is 35.6. The van der Waals surface area contributed by atoms with Gasteiger partial charge in [0.25, 0.3) is 23.5 Å². The Hall–Kier alpha value is 1.95. The molecule has 17 heteroatoms. The van der Waals surface area contributed by atoms with Crippen molar-refractivity contribution in [1.29, 1.82) is 0 Å². The minimum atomic E-state index is -4.12. The van der Waals surface area contributed by atoms with Gasteiger partial charge in [-0.3, -0.25) is 13.7 Å². The van der Waals surface area contributed by atoms with Gasteiger partial charge in [0.1, 0.15) is 0 Å². The van der Waals surface area contributed by atoms with Crippen molar-refractivity contribution in [2.45, 2.75) is 581 Å². The Kier molecular flexibility index (Phi) is 118. The van der Waals surface area contributed by atoms with Crippen LogP contribution in [0, 0.1) is 0 Å². The van der Waals surface area contributed by atoms with Gasteiger partial charge in [-0.1, -0.05) is 542 Å². The quantitative estimate of drug-likeness (QED) is 0.0320. The Bertz CT molecular complexity index is 1520. The molecule has 672 valence electrons. The molecule has 0 atom stereocenters. The van der Waals surface area contributed by atoms with Crippen LogP contribution in [0.15, 0.2) is 0 Å². The van der Waals surface area contributed by atoms with Gasteiger partial charge in [0, 0.05) is 0 Å². The Labute approximate surface area is 742 Å². The second-order valence-electron chi connectivity index (χ2n) is 33.9. The summed E-state index contributed by atoms with van der Waals surface area (Å²) in [6.45, 7) is 15.2. The minimum absolute atomic E-state index is 0. The van der Waals surface area contributed by atoms with Crippen molar-refractivity contribution in [1.82, 2.24) is 0 Å². The minimum Gasteiger partial charge on any atom is -0.756 e. The first-order valence-electron chi connectivity index (χ1n) is 50.2. The third-order valence-corrected chi connectivity index (χ3v) is 25.5. The van der Waals surface area contributed by atoms with E-state index < -0.39 is 23.5 Å². The fraction of sp³-hybridized carbons (Fsp3) is 1.00. The zero-order valence-electron chi connectivity index (χ0n) is 77.6. The van der Waals surface area contributed by atoms with Crippen molar-refractivity contribution < 1.29 is 105 Å². The molecule has 0 bridgehead atoms. The van der Waals surface area contributed by atoms with E-state index in [1.807, 2.05) is 0 Å². The second kappa shape index (κ2) is 108. The summed E-state index contributed by atoms with van der Waals surface area (Å²) in [6, 6.07) is 0. The van der Waals surface area contributed by atoms with E-state index in [4.69, 9.17) is 27.1 Å². The Balaban J connectivity index is -0.000000512. The molecular weight excluding hydrogens is 1530 g/mol. The molecule has 0 heterocycles. The molecule has 0 amide bonds. The van der Waals surface area contributed by atoms with E-state index in [0.29, 0.717) is 0 Å². The summed E-state index contributed by atoms with van der Waals surface area (Å²) in [7, 11) is -12.3. The maximum Gasteiger partial charge on any atom is 2.00 e. The monoisotopic (exact) mass is 1720 g/mol. The molecule has 0 saturated carbocycles. The maximum atomic E-state index is 11.9. The van der Waals surface area contributed by atoms with Crippen LogP contribution in [0.5, 0.6) is 0 Å². The molecule has 0 aliphatic rings. The van der Waals surface area contributed by atoms with Crippen molar-refractivity contribution in [3.05, 3.63) is 0 Å². The van der Waals surface area contributed by atoms with E-state index in [1.165, 1.54) is 462 Å². The molecule has 113 heavy (non-hydrogen) atoms. The van der Waals surface area contributed by atoms with E-state index in [0.717, 1.165) is 77.0 Å². The molecular formula is C96H198NaO12P3Zn. The van der Waals surface area contributed by atoms with Crippen LogP contribution in [0.1, 0.15) is 581 Å². The molecule has 0 rings (SSSR count). The molecule has 12 nitrogen and oxygen atoms in total. The van der Waals surface area contributed by atoms with E-state index >= 15 is 0 Å². The summed E-state index contributed by atoms with van der Waals surface area (Å²) in [5.74, 6) is 0. The zero-order valence-corrected chi connectivity index (χ0v) is 85.2. The van der Waals surface area contributed by atoms with Crippen LogP contribution in [0.4, 0.5) is 0 Å². The predicted octanol–water partition coefficient (Wildman–Crippen LogP) is 31.4. The summed E-state index contributed by atoms with van der Waals surface area (Å²) < 4.78 is 65.8. The molecule has 0 aromatic carbocycles. The standard InChI is InChI=1S/3C32H67O4P.Na.Zn/c3*1-3-5-7-9-11-13-15-17-19-21-23-25-27-29-31-35-37(33,34)36-32-30-28-26-24-22-20-18-16-14-12-10-8-6-4-2;;/h3*3-32H2,1-2H3,(H,33,34);;/q;;;+1;+2/p-3. The first-order chi connectivity index (χ1) is 54.4. The van der Waals surface area contributed by atoms with Crippen LogP contribution >= 0.6 is 23.5 Å². The van der Waals surface area contributed by atoms with Crippen LogP contribution in [0.25, 0.3) is 0 Å². The van der Waals surface area contributed by atoms with Crippen LogP contribution in [0.3, 0.4) is 0 Å². The van der Waals surface area contributed by atoms with Gasteiger partial charge in [-0.25, -0.2) is 0 Å². The molecule has 0 aromatic rings. The molecule has 0 aliphatic heterocycles. The fourth-order valence-electron chi connectivity index (χ4n) is 14.9. The summed E-state index contributed by atoms with van der Waals surface area (Å²) in [5, 5.41) is 0. The van der Waals surface area contributed by atoms with Crippen LogP contribution in [-0.2, 0) is 60.3 Å². The van der Waals surface area contributed by atoms with E-state index in [-0.39, 0.29) is 88.7 Å². The Morgan fingerprint density at radius 1 is 0.142 bits per heavy atom. The van der Waals surface area contributed by atoms with Gasteiger partial charge < -0.3 is 41.8 Å². The van der Waals surface area contributed by atoms with Crippen molar-refractivity contribution in [3.63, 3.8) is 0 Å². The van der Waals surface area contributed by atoms with Gasteiger partial charge in [-0.2, -0.15) is 0 Å². The first-order valence-corrected chi connectivity index (χ1v) is 54.5. The third kappa shape index (κ3) is 118. The van der Waals surface area contributed by atoms with Crippen molar-refractivity contribution in [3.8, 4) is 0 Å². The Morgan fingerprint density at radius 2 is 0.204 bits per heavy atom. The van der Waals surface area contributed by atoms with Gasteiger partial charge in [0.05, 0.1) is 39.6 Å². The molecule has 0 N–H and O–H groups in total. The van der Waals surface area contributed by atoms with Crippen molar-refractivity contribution >= 4 is 23.5 Å². The zero-order chi connectivity index (χ0) is 81.4. The number of hydrogen-bond donors (Lipinski definition) is 0. The third-order valence-electron chi connectivity index (χ3n) is 22.5. The number of unbranched alkanes of at least 4 members (excludes halogenated alkanes) is 78. The topological polar surface area (TPSA) is 176 Å². The molecule has 0 saturated heterocycles. The fourth-order valence-corrected chi connectivity index (χ4v) is 17.3. The molecule has 0 aromatic heterocycles. The Morgan fingerprint density at radius 3 is 0.274 bits per heavy atom.